The molecular formula is C24H28F3N3O3S. The minimum atomic E-state index is -4.64. The number of benzene rings is 1. The first-order chi connectivity index (χ1) is 16.2. The van der Waals surface area contributed by atoms with Crippen molar-refractivity contribution in [2.75, 3.05) is 23.3 Å². The Morgan fingerprint density at radius 3 is 2.32 bits per heavy atom. The van der Waals surface area contributed by atoms with Gasteiger partial charge in [-0.1, -0.05) is 31.7 Å². The molecule has 1 aromatic heterocycles. The first-order valence-corrected chi connectivity index (χ1v) is 13.2. The highest BCUT2D eigenvalue weighted by Gasteiger charge is 2.34. The molecule has 184 valence electrons. The van der Waals surface area contributed by atoms with Crippen molar-refractivity contribution in [2.45, 2.75) is 67.7 Å². The molecule has 10 heteroatoms. The van der Waals surface area contributed by atoms with E-state index in [1.807, 2.05) is 4.90 Å². The van der Waals surface area contributed by atoms with Gasteiger partial charge in [0.2, 0.25) is 0 Å². The van der Waals surface area contributed by atoms with E-state index in [9.17, 15) is 26.4 Å². The number of hydrogen-bond donors (Lipinski definition) is 1. The molecule has 1 saturated heterocycles. The molecule has 2 fully saturated rings. The fraction of sp³-hybridized carbons (Fsp3) is 0.500. The van der Waals surface area contributed by atoms with Crippen molar-refractivity contribution in [3.63, 3.8) is 0 Å². The predicted molar refractivity (Wildman–Crippen MR) is 124 cm³/mol. The zero-order chi connectivity index (χ0) is 24.3. The van der Waals surface area contributed by atoms with Gasteiger partial charge in [-0.05, 0) is 49.9 Å². The monoisotopic (exact) mass is 495 g/mol. The fourth-order valence-corrected chi connectivity index (χ4v) is 6.55. The number of hydrogen-bond acceptors (Lipinski definition) is 5. The summed E-state index contributed by atoms with van der Waals surface area (Å²) in [5, 5.41) is 2.15. The second-order valence-electron chi connectivity index (χ2n) is 8.93. The molecule has 2 heterocycles. The normalized spacial score (nSPS) is 18.0. The molecule has 0 unspecified atom stereocenters. The molecule has 4 rings (SSSR count). The number of aromatic nitrogens is 1. The average Bonchev–Trinajstić information content (AvgIpc) is 3.22. The summed E-state index contributed by atoms with van der Waals surface area (Å²) >= 11 is 0. The number of nitrogens with one attached hydrogen (secondary N) is 1. The summed E-state index contributed by atoms with van der Waals surface area (Å²) in [6.07, 6.45) is 2.81. The maximum Gasteiger partial charge on any atom is 0.417 e. The third-order valence-corrected chi connectivity index (χ3v) is 8.77. The number of sulfone groups is 1. The molecule has 2 aliphatic rings. The highest BCUT2D eigenvalue weighted by atomic mass is 32.2. The Morgan fingerprint density at radius 1 is 1.00 bits per heavy atom. The summed E-state index contributed by atoms with van der Waals surface area (Å²) in [5.41, 5.74) is -0.974. The maximum atomic E-state index is 13.4. The summed E-state index contributed by atoms with van der Waals surface area (Å²) in [6.45, 7) is 1.21. The molecule has 0 bridgehead atoms. The van der Waals surface area contributed by atoms with Gasteiger partial charge in [0.1, 0.15) is 5.82 Å². The van der Waals surface area contributed by atoms with Crippen LogP contribution in [0.2, 0.25) is 0 Å². The highest BCUT2D eigenvalue weighted by Crippen LogP contribution is 2.33. The van der Waals surface area contributed by atoms with Crippen LogP contribution in [0.15, 0.2) is 41.4 Å². The Balaban J connectivity index is 1.64. The Morgan fingerprint density at radius 2 is 1.68 bits per heavy atom. The number of rotatable bonds is 5. The molecule has 0 radical (unpaired) electrons. The van der Waals surface area contributed by atoms with Gasteiger partial charge < -0.3 is 10.2 Å². The van der Waals surface area contributed by atoms with E-state index in [4.69, 9.17) is 0 Å². The second kappa shape index (κ2) is 9.93. The van der Waals surface area contributed by atoms with Crippen LogP contribution in [0.3, 0.4) is 0 Å². The molecule has 1 aromatic carbocycles. The van der Waals surface area contributed by atoms with Crippen LogP contribution in [0, 0.1) is 0 Å². The van der Waals surface area contributed by atoms with Gasteiger partial charge in [-0.3, -0.25) is 4.79 Å². The van der Waals surface area contributed by atoms with E-state index in [0.29, 0.717) is 25.9 Å². The topological polar surface area (TPSA) is 79.4 Å². The lowest BCUT2D eigenvalue weighted by Crippen LogP contribution is -2.29. The van der Waals surface area contributed by atoms with Crippen molar-refractivity contribution in [3.8, 4) is 0 Å². The summed E-state index contributed by atoms with van der Waals surface area (Å²) in [4.78, 5) is 19.2. The smallest absolute Gasteiger partial charge is 0.356 e. The quantitative estimate of drug-likeness (QED) is 0.597. The van der Waals surface area contributed by atoms with E-state index >= 15 is 0 Å². The van der Waals surface area contributed by atoms with Gasteiger partial charge in [-0.25, -0.2) is 13.4 Å². The lowest BCUT2D eigenvalue weighted by molar-refractivity contribution is -0.137. The zero-order valence-corrected chi connectivity index (χ0v) is 19.6. The van der Waals surface area contributed by atoms with Crippen LogP contribution in [0.25, 0.3) is 0 Å². The van der Waals surface area contributed by atoms with Gasteiger partial charge in [-0.15, -0.1) is 0 Å². The SMILES string of the molecule is O=C(Nc1cccc(S(=O)(=O)C2CCCC2)c1)c1cc(C(F)(F)F)cnc1N1CCCCCC1. The summed E-state index contributed by atoms with van der Waals surface area (Å²) < 4.78 is 66.0. The Bertz CT molecular complexity index is 1140. The van der Waals surface area contributed by atoms with Crippen LogP contribution < -0.4 is 10.2 Å². The van der Waals surface area contributed by atoms with Gasteiger partial charge in [0, 0.05) is 25.0 Å². The van der Waals surface area contributed by atoms with E-state index in [-0.39, 0.29) is 22.0 Å². The number of carbonyl (C=O) groups is 1. The predicted octanol–water partition coefficient (Wildman–Crippen LogP) is 5.45. The van der Waals surface area contributed by atoms with Crippen molar-refractivity contribution < 1.29 is 26.4 Å². The summed E-state index contributed by atoms with van der Waals surface area (Å²) in [6, 6.07) is 6.73. The fourth-order valence-electron chi connectivity index (χ4n) is 4.65. The Kier molecular flexibility index (Phi) is 7.16. The Labute approximate surface area is 197 Å². The summed E-state index contributed by atoms with van der Waals surface area (Å²) in [7, 11) is -3.54. The van der Waals surface area contributed by atoms with E-state index in [0.717, 1.165) is 50.8 Å². The third-order valence-electron chi connectivity index (χ3n) is 6.51. The van der Waals surface area contributed by atoms with E-state index in [1.165, 1.54) is 24.3 Å². The van der Waals surface area contributed by atoms with Crippen molar-refractivity contribution in [1.29, 1.82) is 0 Å². The molecular weight excluding hydrogens is 467 g/mol. The van der Waals surface area contributed by atoms with Crippen molar-refractivity contribution >= 4 is 27.2 Å². The molecule has 6 nitrogen and oxygen atoms in total. The number of anilines is 2. The van der Waals surface area contributed by atoms with Gasteiger partial charge >= 0.3 is 6.18 Å². The standard InChI is InChI=1S/C24H28F3N3O3S/c25-24(26,27)17-14-21(22(28-16-17)30-12-5-1-2-6-13-30)23(31)29-18-8-7-11-20(15-18)34(32,33)19-9-3-4-10-19/h7-8,11,14-16,19H,1-6,9-10,12-13H2,(H,29,31). The van der Waals surface area contributed by atoms with Crippen LogP contribution >= 0.6 is 0 Å². The lowest BCUT2D eigenvalue weighted by atomic mass is 10.1. The van der Waals surface area contributed by atoms with Crippen molar-refractivity contribution in [3.05, 3.63) is 47.7 Å². The van der Waals surface area contributed by atoms with Gasteiger partial charge in [0.15, 0.2) is 9.84 Å². The minimum Gasteiger partial charge on any atom is -0.356 e. The molecule has 1 saturated carbocycles. The number of pyridine rings is 1. The molecule has 1 N–H and O–H groups in total. The van der Waals surface area contributed by atoms with Crippen LogP contribution in [0.4, 0.5) is 24.7 Å². The number of carbonyl (C=O) groups excluding carboxylic acids is 1. The van der Waals surface area contributed by atoms with Gasteiger partial charge in [-0.2, -0.15) is 13.2 Å². The number of nitrogens with zero attached hydrogens (tertiary/aromatic N) is 2. The highest BCUT2D eigenvalue weighted by molar-refractivity contribution is 7.92. The Hall–Kier alpha value is -2.62. The molecule has 0 atom stereocenters. The molecule has 1 aliphatic carbocycles. The number of alkyl halides is 3. The van der Waals surface area contributed by atoms with Crippen molar-refractivity contribution in [1.82, 2.24) is 4.98 Å². The molecule has 1 amide bonds. The van der Waals surface area contributed by atoms with Gasteiger partial charge in [0.25, 0.3) is 5.91 Å². The van der Waals surface area contributed by atoms with E-state index in [2.05, 4.69) is 10.3 Å². The largest absolute Gasteiger partial charge is 0.417 e. The van der Waals surface area contributed by atoms with Crippen molar-refractivity contribution in [2.24, 2.45) is 0 Å². The van der Waals surface area contributed by atoms with Crippen LogP contribution in [0.5, 0.6) is 0 Å². The lowest BCUT2D eigenvalue weighted by Gasteiger charge is -2.24. The maximum absolute atomic E-state index is 13.4. The molecule has 1 aliphatic heterocycles. The van der Waals surface area contributed by atoms with E-state index in [1.54, 1.807) is 0 Å². The van der Waals surface area contributed by atoms with E-state index < -0.39 is 32.7 Å². The third kappa shape index (κ3) is 5.37. The first kappa shape index (κ1) is 24.5. The minimum absolute atomic E-state index is 0.104. The number of amides is 1. The first-order valence-electron chi connectivity index (χ1n) is 11.6. The number of halogens is 3. The molecule has 34 heavy (non-hydrogen) atoms. The summed E-state index contributed by atoms with van der Waals surface area (Å²) in [5.74, 6) is -0.546. The second-order valence-corrected chi connectivity index (χ2v) is 11.2. The van der Waals surface area contributed by atoms with Gasteiger partial charge in [0.05, 0.1) is 21.3 Å². The molecule has 2 aromatic rings. The average molecular weight is 496 g/mol. The van der Waals surface area contributed by atoms with Crippen LogP contribution in [-0.2, 0) is 16.0 Å². The zero-order valence-electron chi connectivity index (χ0n) is 18.8. The van der Waals surface area contributed by atoms with Crippen LogP contribution in [-0.4, -0.2) is 37.6 Å². The molecule has 0 spiro atoms. The van der Waals surface area contributed by atoms with Crippen LogP contribution in [0.1, 0.15) is 67.3 Å².